The number of nitrogens with two attached hydrogens (primary N) is 1. The molecule has 1 unspecified atom stereocenters. The number of carbonyl (C=O) groups is 2. The maximum absolute atomic E-state index is 13.2. The van der Waals surface area contributed by atoms with Crippen LogP contribution in [0.25, 0.3) is 0 Å². The number of ether oxygens (including phenoxy) is 1. The molecule has 0 spiro atoms. The van der Waals surface area contributed by atoms with Crippen LogP contribution >= 0.6 is 0 Å². The Morgan fingerprint density at radius 2 is 1.80 bits per heavy atom. The summed E-state index contributed by atoms with van der Waals surface area (Å²) in [5.74, 6) is -0.975. The molecule has 1 fully saturated rings. The van der Waals surface area contributed by atoms with Crippen LogP contribution in [0.1, 0.15) is 58.3 Å². The van der Waals surface area contributed by atoms with E-state index in [0.717, 1.165) is 29.8 Å². The molecule has 2 aromatic carbocycles. The third-order valence-electron chi connectivity index (χ3n) is 6.94. The van der Waals surface area contributed by atoms with Crippen LogP contribution in [0.3, 0.4) is 0 Å². The molecule has 3 N–H and O–H groups in total. The smallest absolute Gasteiger partial charge is 0.317 e. The molecule has 2 aliphatic heterocycles. The fourth-order valence-electron chi connectivity index (χ4n) is 4.95. The number of carboxylic acids is 1. The number of hydrazone groups is 1. The van der Waals surface area contributed by atoms with Crippen molar-refractivity contribution >= 4 is 18.0 Å². The van der Waals surface area contributed by atoms with Crippen molar-refractivity contribution in [2.45, 2.75) is 37.8 Å². The van der Waals surface area contributed by atoms with E-state index in [1.807, 2.05) is 42.6 Å². The van der Waals surface area contributed by atoms with Crippen LogP contribution in [0.4, 0.5) is 0 Å². The first-order valence-corrected chi connectivity index (χ1v) is 12.2. The van der Waals surface area contributed by atoms with Crippen LogP contribution < -0.4 is 5.73 Å². The summed E-state index contributed by atoms with van der Waals surface area (Å²) in [4.78, 5) is 26.4. The molecule has 0 radical (unpaired) electrons. The summed E-state index contributed by atoms with van der Waals surface area (Å²) in [6.07, 6.45) is 6.56. The number of fused-ring (bicyclic) bond motifs is 1. The predicted octanol–water partition coefficient (Wildman–Crippen LogP) is 2.83. The summed E-state index contributed by atoms with van der Waals surface area (Å²) in [5, 5.41) is 16.0. The van der Waals surface area contributed by atoms with Crippen molar-refractivity contribution < 1.29 is 19.4 Å². The molecule has 8 heteroatoms. The van der Waals surface area contributed by atoms with Crippen LogP contribution in [-0.4, -0.2) is 72.9 Å². The molecule has 35 heavy (non-hydrogen) atoms. The molecular weight excluding hydrogens is 444 g/mol. The zero-order valence-electron chi connectivity index (χ0n) is 20.3. The Morgan fingerprint density at radius 3 is 2.49 bits per heavy atom. The van der Waals surface area contributed by atoms with Crippen molar-refractivity contribution in [3.63, 3.8) is 0 Å². The maximum Gasteiger partial charge on any atom is 0.317 e. The standard InChI is InChI=1S/C27H34N4O4/c1-35-16-12-27(28)24-10-9-23(17-22(24)11-15-30(27)19-25(32)33)26(34)21-7-5-20(6-8-21)18-29-31-13-3-2-4-14-31/h5-10,17-18H,2-4,11-16,19,28H2,1H3,(H,32,33). The second-order valence-corrected chi connectivity index (χ2v) is 9.31. The topological polar surface area (TPSA) is 108 Å². The van der Waals surface area contributed by atoms with Gasteiger partial charge in [0.15, 0.2) is 5.78 Å². The number of nitrogens with zero attached hydrogens (tertiary/aromatic N) is 3. The molecule has 0 bridgehead atoms. The van der Waals surface area contributed by atoms with Gasteiger partial charge in [-0.3, -0.25) is 19.5 Å². The SMILES string of the molecule is COCCC1(N)c2ccc(C(=O)c3ccc(C=NN4CCCCC4)cc3)cc2CCN1CC(=O)O. The van der Waals surface area contributed by atoms with Crippen molar-refractivity contribution in [1.82, 2.24) is 9.91 Å². The van der Waals surface area contributed by atoms with E-state index in [0.29, 0.717) is 37.1 Å². The Hall–Kier alpha value is -3.07. The second kappa shape index (κ2) is 11.1. The quantitative estimate of drug-likeness (QED) is 0.421. The van der Waals surface area contributed by atoms with Crippen LogP contribution in [-0.2, 0) is 21.6 Å². The highest BCUT2D eigenvalue weighted by molar-refractivity contribution is 6.09. The highest BCUT2D eigenvalue weighted by Gasteiger charge is 2.40. The lowest BCUT2D eigenvalue weighted by atomic mass is 9.84. The lowest BCUT2D eigenvalue weighted by molar-refractivity contribution is -0.140. The number of carbonyl (C=O) groups excluding carboxylic acids is 1. The Kier molecular flexibility index (Phi) is 7.95. The minimum Gasteiger partial charge on any atom is -0.480 e. The monoisotopic (exact) mass is 478 g/mol. The summed E-state index contributed by atoms with van der Waals surface area (Å²) >= 11 is 0. The van der Waals surface area contributed by atoms with E-state index in [1.54, 1.807) is 18.1 Å². The van der Waals surface area contributed by atoms with Crippen molar-refractivity contribution in [2.24, 2.45) is 10.8 Å². The summed E-state index contributed by atoms with van der Waals surface area (Å²) in [5.41, 5.74) is 9.80. The number of aliphatic carboxylic acids is 1. The van der Waals surface area contributed by atoms with Gasteiger partial charge >= 0.3 is 5.97 Å². The summed E-state index contributed by atoms with van der Waals surface area (Å²) in [7, 11) is 1.60. The molecule has 0 amide bonds. The van der Waals surface area contributed by atoms with Gasteiger partial charge in [0, 0.05) is 50.9 Å². The van der Waals surface area contributed by atoms with Crippen molar-refractivity contribution in [2.75, 3.05) is 39.9 Å². The zero-order chi connectivity index (χ0) is 24.8. The molecule has 0 aromatic heterocycles. The Morgan fingerprint density at radius 1 is 1.09 bits per heavy atom. The Labute approximate surface area is 206 Å². The van der Waals surface area contributed by atoms with Gasteiger partial charge in [-0.2, -0.15) is 5.10 Å². The van der Waals surface area contributed by atoms with E-state index in [-0.39, 0.29) is 12.3 Å². The fourth-order valence-corrected chi connectivity index (χ4v) is 4.95. The molecule has 4 rings (SSSR count). The Bertz CT molecular complexity index is 1080. The maximum atomic E-state index is 13.2. The summed E-state index contributed by atoms with van der Waals surface area (Å²) in [6, 6.07) is 13.0. The van der Waals surface area contributed by atoms with E-state index < -0.39 is 11.6 Å². The minimum atomic E-state index is -0.959. The van der Waals surface area contributed by atoms with Crippen LogP contribution in [0.2, 0.25) is 0 Å². The molecule has 2 heterocycles. The van der Waals surface area contributed by atoms with Gasteiger partial charge in [0.25, 0.3) is 0 Å². The van der Waals surface area contributed by atoms with Crippen LogP contribution in [0.15, 0.2) is 47.6 Å². The van der Waals surface area contributed by atoms with Gasteiger partial charge in [-0.25, -0.2) is 0 Å². The number of rotatable bonds is 9. The molecule has 8 nitrogen and oxygen atoms in total. The number of methoxy groups -OCH3 is 1. The fraction of sp³-hybridized carbons (Fsp3) is 0.444. The Balaban J connectivity index is 1.51. The summed E-state index contributed by atoms with van der Waals surface area (Å²) < 4.78 is 5.24. The average molecular weight is 479 g/mol. The molecule has 1 saturated heterocycles. The number of carboxylic acid groups (broad SMARTS) is 1. The molecule has 2 aromatic rings. The minimum absolute atomic E-state index is 0.0557. The van der Waals surface area contributed by atoms with Crippen LogP contribution in [0.5, 0.6) is 0 Å². The third-order valence-corrected chi connectivity index (χ3v) is 6.94. The average Bonchev–Trinajstić information content (AvgIpc) is 2.88. The lowest BCUT2D eigenvalue weighted by Crippen LogP contribution is -2.58. The van der Waals surface area contributed by atoms with Gasteiger partial charge in [-0.15, -0.1) is 0 Å². The van der Waals surface area contributed by atoms with E-state index >= 15 is 0 Å². The van der Waals surface area contributed by atoms with Crippen molar-refractivity contribution in [3.05, 3.63) is 70.3 Å². The molecular formula is C27H34N4O4. The van der Waals surface area contributed by atoms with E-state index in [1.165, 1.54) is 19.3 Å². The molecule has 2 aliphatic rings. The lowest BCUT2D eigenvalue weighted by Gasteiger charge is -2.45. The molecule has 186 valence electrons. The normalized spacial score (nSPS) is 20.7. The van der Waals surface area contributed by atoms with Gasteiger partial charge < -0.3 is 15.6 Å². The van der Waals surface area contributed by atoms with Gasteiger partial charge in [-0.05, 0) is 48.4 Å². The summed E-state index contributed by atoms with van der Waals surface area (Å²) in [6.45, 7) is 2.75. The molecule has 0 aliphatic carbocycles. The second-order valence-electron chi connectivity index (χ2n) is 9.31. The highest BCUT2D eigenvalue weighted by atomic mass is 16.5. The first-order chi connectivity index (χ1) is 16.9. The zero-order valence-corrected chi connectivity index (χ0v) is 20.3. The predicted molar refractivity (Wildman–Crippen MR) is 135 cm³/mol. The number of hydrogen-bond acceptors (Lipinski definition) is 7. The van der Waals surface area contributed by atoms with Crippen molar-refractivity contribution in [3.8, 4) is 0 Å². The van der Waals surface area contributed by atoms with Gasteiger partial charge in [-0.1, -0.05) is 36.4 Å². The van der Waals surface area contributed by atoms with Crippen LogP contribution in [0, 0.1) is 0 Å². The molecule has 0 saturated carbocycles. The van der Waals surface area contributed by atoms with Gasteiger partial charge in [0.1, 0.15) is 0 Å². The number of ketones is 1. The van der Waals surface area contributed by atoms with E-state index in [9.17, 15) is 14.7 Å². The first-order valence-electron chi connectivity index (χ1n) is 12.2. The molecule has 1 atom stereocenters. The largest absolute Gasteiger partial charge is 0.480 e. The van der Waals surface area contributed by atoms with Crippen molar-refractivity contribution in [1.29, 1.82) is 0 Å². The number of hydrogen-bond donors (Lipinski definition) is 2. The van der Waals surface area contributed by atoms with Gasteiger partial charge in [0.05, 0.1) is 18.4 Å². The number of benzene rings is 2. The van der Waals surface area contributed by atoms with E-state index in [4.69, 9.17) is 10.5 Å². The highest BCUT2D eigenvalue weighted by Crippen LogP contribution is 2.35. The number of piperidine rings is 1. The third kappa shape index (κ3) is 5.78. The van der Waals surface area contributed by atoms with E-state index in [2.05, 4.69) is 10.1 Å². The first kappa shape index (κ1) is 25.0. The van der Waals surface area contributed by atoms with Gasteiger partial charge in [0.2, 0.25) is 0 Å².